The Labute approximate surface area is 92.5 Å². The van der Waals surface area contributed by atoms with Crippen LogP contribution in [0.4, 0.5) is 0 Å². The Morgan fingerprint density at radius 3 is 3.12 bits per heavy atom. The number of hydrogen-bond acceptors (Lipinski definition) is 3. The van der Waals surface area contributed by atoms with Crippen LogP contribution in [-0.4, -0.2) is 20.5 Å². The maximum absolute atomic E-state index is 10.5. The van der Waals surface area contributed by atoms with E-state index in [0.29, 0.717) is 0 Å². The van der Waals surface area contributed by atoms with Crippen LogP contribution in [0.5, 0.6) is 0 Å². The third-order valence-electron chi connectivity index (χ3n) is 2.43. The highest BCUT2D eigenvalue weighted by atomic mass is 16.4. The van der Waals surface area contributed by atoms with E-state index in [1.54, 1.807) is 0 Å². The molecule has 0 saturated heterocycles. The van der Waals surface area contributed by atoms with Crippen molar-refractivity contribution < 1.29 is 9.90 Å². The highest BCUT2D eigenvalue weighted by Crippen LogP contribution is 2.16. The van der Waals surface area contributed by atoms with Gasteiger partial charge in [-0.15, -0.1) is 0 Å². The average Bonchev–Trinajstić information content (AvgIpc) is 2.55. The molecule has 2 heterocycles. The van der Waals surface area contributed by atoms with Gasteiger partial charge < -0.3 is 15.2 Å². The van der Waals surface area contributed by atoms with Gasteiger partial charge in [0.25, 0.3) is 0 Å². The van der Waals surface area contributed by atoms with Crippen molar-refractivity contribution in [2.24, 2.45) is 5.73 Å². The quantitative estimate of drug-likeness (QED) is 0.810. The summed E-state index contributed by atoms with van der Waals surface area (Å²) in [7, 11) is 0. The molecule has 84 valence electrons. The zero-order valence-electron chi connectivity index (χ0n) is 8.92. The lowest BCUT2D eigenvalue weighted by molar-refractivity contribution is -0.137. The molecular formula is C11H13N3O2. The standard InChI is InChI=1S/C11H13N3O2/c1-7-6-14-3-2-8(4-10(14)13-7)9(12)5-11(15)16/h2-4,6,9H,5,12H2,1H3,(H,15,16). The van der Waals surface area contributed by atoms with Crippen LogP contribution in [-0.2, 0) is 4.79 Å². The Hall–Kier alpha value is -1.88. The predicted molar refractivity (Wildman–Crippen MR) is 59.1 cm³/mol. The molecule has 3 N–H and O–H groups in total. The first kappa shape index (κ1) is 10.6. The van der Waals surface area contributed by atoms with Gasteiger partial charge in [-0.3, -0.25) is 4.79 Å². The fourth-order valence-electron chi connectivity index (χ4n) is 1.66. The molecule has 2 aromatic heterocycles. The van der Waals surface area contributed by atoms with Gasteiger partial charge in [0, 0.05) is 18.4 Å². The van der Waals surface area contributed by atoms with E-state index < -0.39 is 12.0 Å². The molecule has 5 heteroatoms. The molecule has 0 aliphatic heterocycles. The molecular weight excluding hydrogens is 206 g/mol. The number of carboxylic acids is 1. The lowest BCUT2D eigenvalue weighted by Crippen LogP contribution is -2.15. The third kappa shape index (κ3) is 2.04. The maximum Gasteiger partial charge on any atom is 0.305 e. The molecule has 2 aromatic rings. The number of hydrogen-bond donors (Lipinski definition) is 2. The number of carboxylic acid groups (broad SMARTS) is 1. The number of aliphatic carboxylic acids is 1. The molecule has 0 amide bonds. The largest absolute Gasteiger partial charge is 0.481 e. The second-order valence-electron chi connectivity index (χ2n) is 3.81. The van der Waals surface area contributed by atoms with Gasteiger partial charge >= 0.3 is 5.97 Å². The van der Waals surface area contributed by atoms with E-state index >= 15 is 0 Å². The summed E-state index contributed by atoms with van der Waals surface area (Å²) in [6.45, 7) is 1.91. The van der Waals surface area contributed by atoms with E-state index in [1.165, 1.54) is 0 Å². The minimum atomic E-state index is -0.896. The summed E-state index contributed by atoms with van der Waals surface area (Å²) >= 11 is 0. The van der Waals surface area contributed by atoms with Gasteiger partial charge in [-0.05, 0) is 24.6 Å². The number of nitrogens with two attached hydrogens (primary N) is 1. The van der Waals surface area contributed by atoms with Crippen molar-refractivity contribution >= 4 is 11.6 Å². The smallest absolute Gasteiger partial charge is 0.305 e. The van der Waals surface area contributed by atoms with Gasteiger partial charge in [0.15, 0.2) is 0 Å². The minimum Gasteiger partial charge on any atom is -0.481 e. The van der Waals surface area contributed by atoms with Crippen LogP contribution in [0.1, 0.15) is 23.7 Å². The Bertz CT molecular complexity index is 533. The predicted octanol–water partition coefficient (Wildman–Crippen LogP) is 1.12. The zero-order chi connectivity index (χ0) is 11.7. The molecule has 1 unspecified atom stereocenters. The molecule has 0 bridgehead atoms. The number of rotatable bonds is 3. The lowest BCUT2D eigenvalue weighted by Gasteiger charge is -2.09. The van der Waals surface area contributed by atoms with Crippen LogP contribution in [0, 0.1) is 6.92 Å². The molecule has 0 saturated carbocycles. The molecule has 16 heavy (non-hydrogen) atoms. The molecule has 1 atom stereocenters. The van der Waals surface area contributed by atoms with Gasteiger partial charge in [0.1, 0.15) is 5.65 Å². The first-order valence-corrected chi connectivity index (χ1v) is 4.99. The number of imidazole rings is 1. The summed E-state index contributed by atoms with van der Waals surface area (Å²) < 4.78 is 1.88. The third-order valence-corrected chi connectivity index (χ3v) is 2.43. The average molecular weight is 219 g/mol. The van der Waals surface area contributed by atoms with Gasteiger partial charge in [-0.25, -0.2) is 4.98 Å². The minimum absolute atomic E-state index is 0.0735. The van der Waals surface area contributed by atoms with E-state index in [-0.39, 0.29) is 6.42 Å². The summed E-state index contributed by atoms with van der Waals surface area (Å²) in [6.07, 6.45) is 3.67. The normalized spacial score (nSPS) is 12.9. The molecule has 0 aliphatic carbocycles. The first-order valence-electron chi connectivity index (χ1n) is 4.99. The summed E-state index contributed by atoms with van der Waals surface area (Å²) in [4.78, 5) is 14.8. The fourth-order valence-corrected chi connectivity index (χ4v) is 1.66. The zero-order valence-corrected chi connectivity index (χ0v) is 8.92. The van der Waals surface area contributed by atoms with Gasteiger partial charge in [-0.2, -0.15) is 0 Å². The van der Waals surface area contributed by atoms with Crippen LogP contribution in [0.25, 0.3) is 5.65 Å². The number of aryl methyl sites for hydroxylation is 1. The number of pyridine rings is 1. The Morgan fingerprint density at radius 1 is 1.69 bits per heavy atom. The topological polar surface area (TPSA) is 80.6 Å². The van der Waals surface area contributed by atoms with E-state index in [2.05, 4.69) is 4.98 Å². The van der Waals surface area contributed by atoms with Crippen molar-refractivity contribution in [2.75, 3.05) is 0 Å². The molecule has 0 spiro atoms. The van der Waals surface area contributed by atoms with Crippen molar-refractivity contribution in [3.05, 3.63) is 35.8 Å². The van der Waals surface area contributed by atoms with Crippen LogP contribution in [0.15, 0.2) is 24.5 Å². The maximum atomic E-state index is 10.5. The molecule has 0 fully saturated rings. The Balaban J connectivity index is 2.34. The molecule has 2 rings (SSSR count). The Morgan fingerprint density at radius 2 is 2.44 bits per heavy atom. The fraction of sp³-hybridized carbons (Fsp3) is 0.273. The van der Waals surface area contributed by atoms with E-state index in [4.69, 9.17) is 10.8 Å². The van der Waals surface area contributed by atoms with Gasteiger partial charge in [0.2, 0.25) is 0 Å². The van der Waals surface area contributed by atoms with Gasteiger partial charge in [-0.1, -0.05) is 0 Å². The van der Waals surface area contributed by atoms with Crippen LogP contribution in [0.3, 0.4) is 0 Å². The SMILES string of the molecule is Cc1cn2ccc(C(N)CC(=O)O)cc2n1. The van der Waals surface area contributed by atoms with E-state index in [1.807, 2.05) is 35.9 Å². The van der Waals surface area contributed by atoms with E-state index in [0.717, 1.165) is 16.9 Å². The molecule has 0 aliphatic rings. The van der Waals surface area contributed by atoms with Crippen molar-refractivity contribution in [3.8, 4) is 0 Å². The van der Waals surface area contributed by atoms with Crippen molar-refractivity contribution in [1.29, 1.82) is 0 Å². The summed E-state index contributed by atoms with van der Waals surface area (Å²) in [5.74, 6) is -0.896. The van der Waals surface area contributed by atoms with Crippen molar-refractivity contribution in [2.45, 2.75) is 19.4 Å². The lowest BCUT2D eigenvalue weighted by atomic mass is 10.1. The monoisotopic (exact) mass is 219 g/mol. The molecule has 5 nitrogen and oxygen atoms in total. The van der Waals surface area contributed by atoms with Crippen LogP contribution >= 0.6 is 0 Å². The van der Waals surface area contributed by atoms with Crippen LogP contribution in [0.2, 0.25) is 0 Å². The number of carbonyl (C=O) groups is 1. The Kier molecular flexibility index (Phi) is 2.62. The number of nitrogens with zero attached hydrogens (tertiary/aromatic N) is 2. The summed E-state index contributed by atoms with van der Waals surface area (Å²) in [5, 5.41) is 8.66. The summed E-state index contributed by atoms with van der Waals surface area (Å²) in [5.41, 5.74) is 8.28. The first-order chi connectivity index (χ1) is 7.56. The highest BCUT2D eigenvalue weighted by Gasteiger charge is 2.11. The van der Waals surface area contributed by atoms with Crippen molar-refractivity contribution in [1.82, 2.24) is 9.38 Å². The van der Waals surface area contributed by atoms with Crippen LogP contribution < -0.4 is 5.73 Å². The van der Waals surface area contributed by atoms with E-state index in [9.17, 15) is 4.79 Å². The molecule has 0 radical (unpaired) electrons. The summed E-state index contributed by atoms with van der Waals surface area (Å²) in [6, 6.07) is 3.15. The number of aromatic nitrogens is 2. The van der Waals surface area contributed by atoms with Crippen molar-refractivity contribution in [3.63, 3.8) is 0 Å². The second-order valence-corrected chi connectivity index (χ2v) is 3.81. The van der Waals surface area contributed by atoms with Gasteiger partial charge in [0.05, 0.1) is 12.1 Å². The second kappa shape index (κ2) is 3.94. The highest BCUT2D eigenvalue weighted by molar-refractivity contribution is 5.68. The number of fused-ring (bicyclic) bond motifs is 1. The molecule has 0 aromatic carbocycles.